The van der Waals surface area contributed by atoms with Crippen LogP contribution < -0.4 is 0 Å². The Morgan fingerprint density at radius 1 is 1.32 bits per heavy atom. The van der Waals surface area contributed by atoms with Gasteiger partial charge in [0.25, 0.3) is 0 Å². The highest BCUT2D eigenvalue weighted by molar-refractivity contribution is 5.82. The van der Waals surface area contributed by atoms with Crippen molar-refractivity contribution in [2.75, 3.05) is 33.2 Å². The third-order valence-corrected chi connectivity index (χ3v) is 5.11. The summed E-state index contributed by atoms with van der Waals surface area (Å²) in [5.41, 5.74) is 0.356. The normalized spacial score (nSPS) is 33.6. The van der Waals surface area contributed by atoms with Gasteiger partial charge in [0.1, 0.15) is 5.78 Å². The van der Waals surface area contributed by atoms with Crippen LogP contribution in [-0.4, -0.2) is 54.9 Å². The lowest BCUT2D eigenvalue weighted by atomic mass is 9.71. The summed E-state index contributed by atoms with van der Waals surface area (Å²) in [6, 6.07) is 0.667. The molecule has 0 spiro atoms. The molecule has 0 N–H and O–H groups in total. The maximum atomic E-state index is 12.1. The second kappa shape index (κ2) is 5.92. The molecule has 1 saturated heterocycles. The summed E-state index contributed by atoms with van der Waals surface area (Å²) in [4.78, 5) is 17.1. The van der Waals surface area contributed by atoms with Crippen LogP contribution in [0.15, 0.2) is 0 Å². The average Bonchev–Trinajstić information content (AvgIpc) is 2.36. The Hall–Kier alpha value is -0.410. The fourth-order valence-corrected chi connectivity index (χ4v) is 3.64. The van der Waals surface area contributed by atoms with E-state index in [0.29, 0.717) is 17.2 Å². The Bertz CT molecular complexity index is 327. The van der Waals surface area contributed by atoms with Crippen molar-refractivity contribution >= 4 is 5.78 Å². The van der Waals surface area contributed by atoms with Crippen molar-refractivity contribution in [2.45, 2.75) is 52.5 Å². The monoisotopic (exact) mass is 266 g/mol. The minimum Gasteiger partial charge on any atom is -0.301 e. The first-order chi connectivity index (χ1) is 8.91. The molecule has 1 aliphatic carbocycles. The largest absolute Gasteiger partial charge is 0.301 e. The Balaban J connectivity index is 1.91. The van der Waals surface area contributed by atoms with Gasteiger partial charge in [0.05, 0.1) is 0 Å². The van der Waals surface area contributed by atoms with Crippen molar-refractivity contribution in [1.29, 1.82) is 0 Å². The van der Waals surface area contributed by atoms with E-state index in [4.69, 9.17) is 0 Å². The summed E-state index contributed by atoms with van der Waals surface area (Å²) in [5.74, 6) is 0.788. The molecular weight excluding hydrogens is 236 g/mol. The number of hydrogen-bond acceptors (Lipinski definition) is 3. The molecule has 0 amide bonds. The number of rotatable bonds is 3. The van der Waals surface area contributed by atoms with E-state index in [9.17, 15) is 4.79 Å². The lowest BCUT2D eigenvalue weighted by Crippen LogP contribution is -2.53. The van der Waals surface area contributed by atoms with Gasteiger partial charge in [0.15, 0.2) is 0 Å². The van der Waals surface area contributed by atoms with E-state index in [2.05, 4.69) is 37.6 Å². The molecule has 0 aromatic carbocycles. The summed E-state index contributed by atoms with van der Waals surface area (Å²) in [6.07, 6.45) is 4.15. The first-order valence-electron chi connectivity index (χ1n) is 7.86. The molecule has 1 heterocycles. The maximum absolute atomic E-state index is 12.1. The summed E-state index contributed by atoms with van der Waals surface area (Å²) in [5, 5.41) is 0. The molecule has 110 valence electrons. The van der Waals surface area contributed by atoms with Gasteiger partial charge >= 0.3 is 0 Å². The molecule has 19 heavy (non-hydrogen) atoms. The van der Waals surface area contributed by atoms with Gasteiger partial charge in [0, 0.05) is 44.6 Å². The molecule has 0 bridgehead atoms. The predicted molar refractivity (Wildman–Crippen MR) is 79.3 cm³/mol. The fourth-order valence-electron chi connectivity index (χ4n) is 3.64. The van der Waals surface area contributed by atoms with Crippen molar-refractivity contribution in [1.82, 2.24) is 9.80 Å². The van der Waals surface area contributed by atoms with Gasteiger partial charge in [-0.2, -0.15) is 0 Å². The Kier molecular flexibility index (Phi) is 4.67. The quantitative estimate of drug-likeness (QED) is 0.784. The summed E-state index contributed by atoms with van der Waals surface area (Å²) in [7, 11) is 2.22. The minimum absolute atomic E-state index is 0.282. The number of ketones is 1. The number of nitrogens with zero attached hydrogens (tertiary/aromatic N) is 2. The van der Waals surface area contributed by atoms with Crippen LogP contribution in [0, 0.1) is 11.3 Å². The molecule has 3 nitrogen and oxygen atoms in total. The minimum atomic E-state index is 0.282. The van der Waals surface area contributed by atoms with Crippen LogP contribution >= 0.6 is 0 Å². The number of carbonyl (C=O) groups excluding carboxylic acids is 1. The second-order valence-electron chi connectivity index (χ2n) is 7.33. The molecule has 2 aliphatic rings. The average molecular weight is 266 g/mol. The number of hydrogen-bond donors (Lipinski definition) is 0. The zero-order valence-electron chi connectivity index (χ0n) is 13.1. The van der Waals surface area contributed by atoms with E-state index >= 15 is 0 Å². The molecule has 0 aromatic rings. The Labute approximate surface area is 118 Å². The summed E-state index contributed by atoms with van der Waals surface area (Å²) in [6.45, 7) is 11.3. The fraction of sp³-hybridized carbons (Fsp3) is 0.938. The first-order valence-corrected chi connectivity index (χ1v) is 7.86. The molecule has 2 atom stereocenters. The van der Waals surface area contributed by atoms with E-state index in [-0.39, 0.29) is 5.92 Å². The third-order valence-electron chi connectivity index (χ3n) is 5.11. The van der Waals surface area contributed by atoms with Crippen LogP contribution in [0.4, 0.5) is 0 Å². The van der Waals surface area contributed by atoms with Crippen LogP contribution in [0.2, 0.25) is 0 Å². The number of carbonyl (C=O) groups is 1. The van der Waals surface area contributed by atoms with Crippen molar-refractivity contribution in [3.8, 4) is 0 Å². The van der Waals surface area contributed by atoms with E-state index in [1.54, 1.807) is 0 Å². The van der Waals surface area contributed by atoms with Gasteiger partial charge in [-0.3, -0.25) is 9.69 Å². The van der Waals surface area contributed by atoms with Gasteiger partial charge in [-0.05, 0) is 31.7 Å². The SMILES string of the molecule is CCC1CN(CC2CC(C)(C)CCC2=O)CCN1C. The Morgan fingerprint density at radius 2 is 2.05 bits per heavy atom. The first kappa shape index (κ1) is 15.0. The zero-order chi connectivity index (χ0) is 14.0. The highest BCUT2D eigenvalue weighted by atomic mass is 16.1. The standard InChI is InChI=1S/C16H30N2O/c1-5-14-12-18(9-8-17(14)4)11-13-10-16(2,3)7-6-15(13)19/h13-14H,5-12H2,1-4H3. The van der Waals surface area contributed by atoms with Gasteiger partial charge in [-0.1, -0.05) is 20.8 Å². The molecule has 0 radical (unpaired) electrons. The molecular formula is C16H30N2O. The number of Topliss-reactive ketones (excluding diaryl/α,β-unsaturated/α-hetero) is 1. The molecule has 0 aromatic heterocycles. The second-order valence-corrected chi connectivity index (χ2v) is 7.33. The molecule has 2 unspecified atom stereocenters. The topological polar surface area (TPSA) is 23.6 Å². The predicted octanol–water partition coefficient (Wildman–Crippen LogP) is 2.41. The maximum Gasteiger partial charge on any atom is 0.137 e. The molecule has 2 rings (SSSR count). The van der Waals surface area contributed by atoms with E-state index in [1.807, 2.05) is 0 Å². The zero-order valence-corrected chi connectivity index (χ0v) is 13.1. The summed E-state index contributed by atoms with van der Waals surface area (Å²) >= 11 is 0. The smallest absolute Gasteiger partial charge is 0.137 e. The molecule has 2 fully saturated rings. The van der Waals surface area contributed by atoms with Crippen LogP contribution in [0.25, 0.3) is 0 Å². The third kappa shape index (κ3) is 3.79. The van der Waals surface area contributed by atoms with Gasteiger partial charge in [-0.25, -0.2) is 0 Å². The molecule has 1 saturated carbocycles. The van der Waals surface area contributed by atoms with Crippen LogP contribution in [0.1, 0.15) is 46.5 Å². The van der Waals surface area contributed by atoms with Crippen LogP contribution in [0.3, 0.4) is 0 Å². The Morgan fingerprint density at radius 3 is 2.74 bits per heavy atom. The van der Waals surface area contributed by atoms with Crippen LogP contribution in [-0.2, 0) is 4.79 Å². The van der Waals surface area contributed by atoms with Crippen molar-refractivity contribution in [3.63, 3.8) is 0 Å². The van der Waals surface area contributed by atoms with Gasteiger partial charge in [0.2, 0.25) is 0 Å². The van der Waals surface area contributed by atoms with Gasteiger partial charge < -0.3 is 4.90 Å². The highest BCUT2D eigenvalue weighted by Crippen LogP contribution is 2.37. The van der Waals surface area contributed by atoms with E-state index in [1.165, 1.54) is 6.42 Å². The lowest BCUT2D eigenvalue weighted by Gasteiger charge is -2.42. The van der Waals surface area contributed by atoms with Crippen molar-refractivity contribution < 1.29 is 4.79 Å². The van der Waals surface area contributed by atoms with Crippen molar-refractivity contribution in [2.24, 2.45) is 11.3 Å². The number of piperazine rings is 1. The van der Waals surface area contributed by atoms with Gasteiger partial charge in [-0.15, -0.1) is 0 Å². The molecule has 3 heteroatoms. The molecule has 1 aliphatic heterocycles. The van der Waals surface area contributed by atoms with E-state index < -0.39 is 0 Å². The summed E-state index contributed by atoms with van der Waals surface area (Å²) < 4.78 is 0. The van der Waals surface area contributed by atoms with Crippen molar-refractivity contribution in [3.05, 3.63) is 0 Å². The highest BCUT2D eigenvalue weighted by Gasteiger charge is 2.35. The van der Waals surface area contributed by atoms with Crippen LogP contribution in [0.5, 0.6) is 0 Å². The number of likely N-dealkylation sites (N-methyl/N-ethyl adjacent to an activating group) is 1. The lowest BCUT2D eigenvalue weighted by molar-refractivity contribution is -0.128. The van der Waals surface area contributed by atoms with E-state index in [0.717, 1.165) is 45.4 Å².